The van der Waals surface area contributed by atoms with Gasteiger partial charge in [-0.2, -0.15) is 0 Å². The number of carbonyl (C=O) groups excluding carboxylic acids is 1. The van der Waals surface area contributed by atoms with Gasteiger partial charge in [0.2, 0.25) is 0 Å². The molecule has 0 aliphatic heterocycles. The Morgan fingerprint density at radius 3 is 3.17 bits per heavy atom. The lowest BCUT2D eigenvalue weighted by Gasteiger charge is -2.01. The largest absolute Gasteiger partial charge is 0.457 e. The van der Waals surface area contributed by atoms with E-state index in [1.165, 1.54) is 17.4 Å². The predicted molar refractivity (Wildman–Crippen MR) is 66.5 cm³/mol. The molecule has 6 nitrogen and oxygen atoms in total. The van der Waals surface area contributed by atoms with Crippen LogP contribution in [0.2, 0.25) is 0 Å². The van der Waals surface area contributed by atoms with Crippen molar-refractivity contribution in [3.8, 4) is 0 Å². The van der Waals surface area contributed by atoms with Crippen LogP contribution in [-0.2, 0) is 11.3 Å². The first kappa shape index (κ1) is 12.4. The minimum atomic E-state index is -0.488. The summed E-state index contributed by atoms with van der Waals surface area (Å²) in [7, 11) is 0. The Hall–Kier alpha value is -2.02. The maximum atomic E-state index is 11.6. The highest BCUT2D eigenvalue weighted by Crippen LogP contribution is 2.10. The van der Waals surface area contributed by atoms with E-state index in [1.54, 1.807) is 17.8 Å². The molecule has 0 aliphatic rings. The summed E-state index contributed by atoms with van der Waals surface area (Å²) in [6, 6.07) is 0. The molecule has 0 amide bonds. The molecule has 0 N–H and O–H groups in total. The number of hydrogen-bond donors (Lipinski definition) is 0. The summed E-state index contributed by atoms with van der Waals surface area (Å²) in [5.74, 6) is -0.488. The fraction of sp³-hybridized carbons (Fsp3) is 0.273. The van der Waals surface area contributed by atoms with E-state index in [9.17, 15) is 4.79 Å². The predicted octanol–water partition coefficient (Wildman–Crippen LogP) is 1.43. The van der Waals surface area contributed by atoms with E-state index < -0.39 is 5.97 Å². The van der Waals surface area contributed by atoms with Gasteiger partial charge in [0.05, 0.1) is 12.2 Å². The lowest BCUT2D eigenvalue weighted by molar-refractivity contribution is 0.0542. The fourth-order valence-corrected chi connectivity index (χ4v) is 1.96. The molecule has 0 fully saturated rings. The average molecular weight is 264 g/mol. The molecule has 0 spiro atoms. The fourth-order valence-electron chi connectivity index (χ4n) is 1.36. The third-order valence-electron chi connectivity index (χ3n) is 2.28. The molecular formula is C11H12N4O2S. The lowest BCUT2D eigenvalue weighted by atomic mass is 10.3. The first-order valence-corrected chi connectivity index (χ1v) is 6.17. The van der Waals surface area contributed by atoms with Crippen LogP contribution in [0.25, 0.3) is 0 Å². The van der Waals surface area contributed by atoms with Gasteiger partial charge in [0, 0.05) is 11.6 Å². The number of carbonyl (C=O) groups is 1. The van der Waals surface area contributed by atoms with Crippen molar-refractivity contribution < 1.29 is 9.53 Å². The SMILES string of the molecule is C=CCOC(=O)c1nnn(Cc2nccs2)c1C. The monoisotopic (exact) mass is 264 g/mol. The highest BCUT2D eigenvalue weighted by molar-refractivity contribution is 7.09. The van der Waals surface area contributed by atoms with Crippen molar-refractivity contribution in [2.24, 2.45) is 0 Å². The van der Waals surface area contributed by atoms with Crippen LogP contribution in [0.5, 0.6) is 0 Å². The van der Waals surface area contributed by atoms with Crippen LogP contribution in [0.4, 0.5) is 0 Å². The second-order valence-corrected chi connectivity index (χ2v) is 4.47. The molecular weight excluding hydrogens is 252 g/mol. The molecule has 0 radical (unpaired) electrons. The Kier molecular flexibility index (Phi) is 3.83. The second kappa shape index (κ2) is 5.54. The van der Waals surface area contributed by atoms with Gasteiger partial charge in [-0.3, -0.25) is 0 Å². The third kappa shape index (κ3) is 2.62. The standard InChI is InChI=1S/C11H12N4O2S/c1-3-5-17-11(16)10-8(2)15(14-13-10)7-9-12-4-6-18-9/h3-4,6H,1,5,7H2,2H3. The molecule has 2 rings (SSSR count). The summed E-state index contributed by atoms with van der Waals surface area (Å²) in [6.07, 6.45) is 3.23. The van der Waals surface area contributed by atoms with Gasteiger partial charge in [0.25, 0.3) is 0 Å². The van der Waals surface area contributed by atoms with Gasteiger partial charge in [-0.1, -0.05) is 17.9 Å². The van der Waals surface area contributed by atoms with Crippen molar-refractivity contribution in [1.29, 1.82) is 0 Å². The summed E-state index contributed by atoms with van der Waals surface area (Å²) in [5.41, 5.74) is 0.896. The van der Waals surface area contributed by atoms with Crippen molar-refractivity contribution in [3.05, 3.63) is 40.6 Å². The number of hydrogen-bond acceptors (Lipinski definition) is 6. The summed E-state index contributed by atoms with van der Waals surface area (Å²) < 4.78 is 6.55. The van der Waals surface area contributed by atoms with Crippen LogP contribution in [0.3, 0.4) is 0 Å². The minimum Gasteiger partial charge on any atom is -0.457 e. The van der Waals surface area contributed by atoms with E-state index >= 15 is 0 Å². The number of ether oxygens (including phenoxy) is 1. The molecule has 2 aromatic rings. The molecule has 2 aromatic heterocycles. The molecule has 94 valence electrons. The summed E-state index contributed by atoms with van der Waals surface area (Å²) in [5, 5.41) is 10.6. The first-order chi connectivity index (χ1) is 8.72. The normalized spacial score (nSPS) is 10.3. The highest BCUT2D eigenvalue weighted by Gasteiger charge is 2.17. The van der Waals surface area contributed by atoms with Crippen molar-refractivity contribution in [2.75, 3.05) is 6.61 Å². The van der Waals surface area contributed by atoms with Gasteiger partial charge in [-0.25, -0.2) is 14.5 Å². The van der Waals surface area contributed by atoms with Crippen LogP contribution in [0.1, 0.15) is 21.2 Å². The molecule has 18 heavy (non-hydrogen) atoms. The molecule has 7 heteroatoms. The van der Waals surface area contributed by atoms with Crippen LogP contribution in [0.15, 0.2) is 24.2 Å². The van der Waals surface area contributed by atoms with E-state index in [-0.39, 0.29) is 12.3 Å². The van der Waals surface area contributed by atoms with Gasteiger partial charge in [-0.05, 0) is 6.92 Å². The Bertz CT molecular complexity index is 547. The zero-order valence-corrected chi connectivity index (χ0v) is 10.7. The van der Waals surface area contributed by atoms with Crippen molar-refractivity contribution >= 4 is 17.3 Å². The van der Waals surface area contributed by atoms with Gasteiger partial charge >= 0.3 is 5.97 Å². The molecule has 0 aromatic carbocycles. The van der Waals surface area contributed by atoms with E-state index in [0.717, 1.165) is 5.01 Å². The Morgan fingerprint density at radius 1 is 1.67 bits per heavy atom. The molecule has 0 unspecified atom stereocenters. The topological polar surface area (TPSA) is 69.9 Å². The summed E-state index contributed by atoms with van der Waals surface area (Å²) in [6.45, 7) is 5.92. The number of rotatable bonds is 5. The Labute approximate surface area is 108 Å². The number of esters is 1. The quantitative estimate of drug-likeness (QED) is 0.603. The van der Waals surface area contributed by atoms with Gasteiger partial charge in [-0.15, -0.1) is 16.4 Å². The zero-order valence-electron chi connectivity index (χ0n) is 9.87. The van der Waals surface area contributed by atoms with Crippen LogP contribution >= 0.6 is 11.3 Å². The smallest absolute Gasteiger partial charge is 0.361 e. The summed E-state index contributed by atoms with van der Waals surface area (Å²) in [4.78, 5) is 15.8. The van der Waals surface area contributed by atoms with Crippen molar-refractivity contribution in [2.45, 2.75) is 13.5 Å². The van der Waals surface area contributed by atoms with Crippen LogP contribution in [0, 0.1) is 6.92 Å². The van der Waals surface area contributed by atoms with Gasteiger partial charge < -0.3 is 4.74 Å². The number of nitrogens with zero attached hydrogens (tertiary/aromatic N) is 4. The summed E-state index contributed by atoms with van der Waals surface area (Å²) >= 11 is 1.53. The number of aromatic nitrogens is 4. The Balaban J connectivity index is 2.13. The molecule has 0 bridgehead atoms. The minimum absolute atomic E-state index is 0.164. The van der Waals surface area contributed by atoms with Crippen molar-refractivity contribution in [3.63, 3.8) is 0 Å². The average Bonchev–Trinajstić information content (AvgIpc) is 2.98. The Morgan fingerprint density at radius 2 is 2.50 bits per heavy atom. The van der Waals surface area contributed by atoms with Crippen molar-refractivity contribution in [1.82, 2.24) is 20.0 Å². The van der Waals surface area contributed by atoms with E-state index in [1.807, 2.05) is 5.38 Å². The molecule has 0 saturated heterocycles. The molecule has 2 heterocycles. The highest BCUT2D eigenvalue weighted by atomic mass is 32.1. The maximum Gasteiger partial charge on any atom is 0.361 e. The lowest BCUT2D eigenvalue weighted by Crippen LogP contribution is -2.09. The second-order valence-electron chi connectivity index (χ2n) is 3.49. The molecule has 0 aliphatic carbocycles. The molecule has 0 atom stereocenters. The third-order valence-corrected chi connectivity index (χ3v) is 3.04. The first-order valence-electron chi connectivity index (χ1n) is 5.29. The zero-order chi connectivity index (χ0) is 13.0. The maximum absolute atomic E-state index is 11.6. The van der Waals surface area contributed by atoms with Crippen LogP contribution in [-0.4, -0.2) is 32.6 Å². The van der Waals surface area contributed by atoms with Crippen LogP contribution < -0.4 is 0 Å². The van der Waals surface area contributed by atoms with E-state index in [4.69, 9.17) is 4.74 Å². The number of thiazole rings is 1. The van der Waals surface area contributed by atoms with Gasteiger partial charge in [0.1, 0.15) is 11.6 Å². The van der Waals surface area contributed by atoms with E-state index in [0.29, 0.717) is 12.2 Å². The van der Waals surface area contributed by atoms with Gasteiger partial charge in [0.15, 0.2) is 5.69 Å². The molecule has 0 saturated carbocycles. The van der Waals surface area contributed by atoms with E-state index in [2.05, 4.69) is 21.9 Å².